The van der Waals surface area contributed by atoms with Gasteiger partial charge in [0.2, 0.25) is 5.91 Å². The van der Waals surface area contributed by atoms with Crippen LogP contribution in [0.5, 0.6) is 0 Å². The molecule has 1 fully saturated rings. The zero-order valence-corrected chi connectivity index (χ0v) is 20.0. The molecule has 1 N–H and O–H groups in total. The van der Waals surface area contributed by atoms with Crippen LogP contribution in [-0.2, 0) is 4.79 Å². The molecule has 1 saturated carbocycles. The van der Waals surface area contributed by atoms with Gasteiger partial charge in [0.05, 0.1) is 11.5 Å². The summed E-state index contributed by atoms with van der Waals surface area (Å²) in [5.74, 6) is -0.156. The van der Waals surface area contributed by atoms with Crippen LogP contribution < -0.4 is 5.32 Å². The molecule has 2 aromatic carbocycles. The number of aliphatic imine (C=N–C) groups is 2. The summed E-state index contributed by atoms with van der Waals surface area (Å²) >= 11 is 1.31. The van der Waals surface area contributed by atoms with Crippen LogP contribution >= 0.6 is 11.8 Å². The number of carbonyl (C=O) groups excluding carboxylic acids is 1. The molecule has 1 aliphatic carbocycles. The van der Waals surface area contributed by atoms with Crippen molar-refractivity contribution in [1.82, 2.24) is 0 Å². The van der Waals surface area contributed by atoms with E-state index in [1.165, 1.54) is 48.2 Å². The van der Waals surface area contributed by atoms with E-state index < -0.39 is 5.66 Å². The molecule has 0 bridgehead atoms. The van der Waals surface area contributed by atoms with Crippen LogP contribution in [0.4, 0.5) is 14.5 Å². The van der Waals surface area contributed by atoms with E-state index in [9.17, 15) is 13.6 Å². The number of benzene rings is 2. The van der Waals surface area contributed by atoms with Gasteiger partial charge in [-0.25, -0.2) is 13.8 Å². The first kappa shape index (κ1) is 23.6. The van der Waals surface area contributed by atoms with Gasteiger partial charge in [0.25, 0.3) is 0 Å². The predicted octanol–water partition coefficient (Wildman–Crippen LogP) is 6.47. The molecule has 33 heavy (non-hydrogen) atoms. The summed E-state index contributed by atoms with van der Waals surface area (Å²) in [7, 11) is 0. The minimum atomic E-state index is -0.529. The molecule has 0 saturated heterocycles. The molecule has 4 rings (SSSR count). The highest BCUT2D eigenvalue weighted by Crippen LogP contribution is 2.46. The van der Waals surface area contributed by atoms with Gasteiger partial charge in [-0.15, -0.1) is 0 Å². The molecule has 4 nitrogen and oxygen atoms in total. The Labute approximate surface area is 198 Å². The van der Waals surface area contributed by atoms with Crippen molar-refractivity contribution >= 4 is 34.1 Å². The molecule has 0 atom stereocenters. The predicted molar refractivity (Wildman–Crippen MR) is 132 cm³/mol. The lowest BCUT2D eigenvalue weighted by Gasteiger charge is -2.39. The maximum Gasteiger partial charge on any atom is 0.234 e. The average Bonchev–Trinajstić information content (AvgIpc) is 3.11. The number of nitrogens with one attached hydrogen (secondary N) is 1. The van der Waals surface area contributed by atoms with Crippen LogP contribution in [0.1, 0.15) is 52.0 Å². The Morgan fingerprint density at radius 3 is 2.39 bits per heavy atom. The second-order valence-electron chi connectivity index (χ2n) is 9.85. The highest BCUT2D eigenvalue weighted by atomic mass is 32.2. The van der Waals surface area contributed by atoms with Gasteiger partial charge in [0.15, 0.2) is 5.66 Å². The smallest absolute Gasteiger partial charge is 0.234 e. The van der Waals surface area contributed by atoms with Gasteiger partial charge in [-0.2, -0.15) is 0 Å². The summed E-state index contributed by atoms with van der Waals surface area (Å²) < 4.78 is 27.1. The zero-order chi connectivity index (χ0) is 23.6. The van der Waals surface area contributed by atoms with E-state index in [0.29, 0.717) is 27.9 Å². The Balaban J connectivity index is 1.51. The summed E-state index contributed by atoms with van der Waals surface area (Å²) in [6.45, 7) is 6.82. The Morgan fingerprint density at radius 1 is 1.06 bits per heavy atom. The van der Waals surface area contributed by atoms with Crippen LogP contribution in [-0.4, -0.2) is 28.1 Å². The van der Waals surface area contributed by atoms with Crippen molar-refractivity contribution < 1.29 is 13.6 Å². The van der Waals surface area contributed by atoms with Crippen molar-refractivity contribution in [1.29, 1.82) is 0 Å². The minimum absolute atomic E-state index is 0.130. The fourth-order valence-electron chi connectivity index (χ4n) is 4.48. The van der Waals surface area contributed by atoms with Crippen LogP contribution in [0, 0.1) is 23.0 Å². The number of thioether (sulfide) groups is 1. The van der Waals surface area contributed by atoms with Crippen LogP contribution in [0.15, 0.2) is 58.5 Å². The molecule has 1 spiro atoms. The fourth-order valence-corrected chi connectivity index (χ4v) is 5.36. The van der Waals surface area contributed by atoms with Crippen molar-refractivity contribution in [2.75, 3.05) is 11.1 Å². The normalized spacial score (nSPS) is 22.8. The first-order valence-electron chi connectivity index (χ1n) is 11.3. The zero-order valence-electron chi connectivity index (χ0n) is 19.2. The standard InChI is InChI=1S/C26H29F2N3OS/c1-25(2,3)18-11-13-26(14-12-18)30-23(17-5-4-6-20(28)15-17)24(31-26)33-16-22(32)29-21-9-7-19(27)8-10-21/h4-10,15,18H,11-14,16H2,1-3H3,(H,29,32). The minimum Gasteiger partial charge on any atom is -0.325 e. The molecule has 1 aliphatic heterocycles. The molecule has 0 aromatic heterocycles. The number of anilines is 1. The van der Waals surface area contributed by atoms with E-state index in [1.54, 1.807) is 6.07 Å². The van der Waals surface area contributed by atoms with Gasteiger partial charge in [0.1, 0.15) is 16.7 Å². The average molecular weight is 470 g/mol. The Bertz CT molecular complexity index is 1080. The largest absolute Gasteiger partial charge is 0.325 e. The van der Waals surface area contributed by atoms with E-state index in [1.807, 2.05) is 6.07 Å². The molecule has 2 aliphatic rings. The monoisotopic (exact) mass is 469 g/mol. The van der Waals surface area contributed by atoms with Crippen molar-refractivity contribution in [2.45, 2.75) is 52.1 Å². The third kappa shape index (κ3) is 5.69. The number of hydrogen-bond acceptors (Lipinski definition) is 4. The topological polar surface area (TPSA) is 53.8 Å². The highest BCUT2D eigenvalue weighted by molar-refractivity contribution is 8.16. The van der Waals surface area contributed by atoms with Gasteiger partial charge in [-0.3, -0.25) is 9.79 Å². The number of hydrogen-bond donors (Lipinski definition) is 1. The molecular weight excluding hydrogens is 440 g/mol. The SMILES string of the molecule is CC(C)(C)C1CCC2(CC1)N=C(SCC(=O)Nc1ccc(F)cc1)C(c1cccc(F)c1)=N2. The lowest BCUT2D eigenvalue weighted by Crippen LogP contribution is -2.34. The van der Waals surface area contributed by atoms with Crippen molar-refractivity contribution in [2.24, 2.45) is 21.3 Å². The van der Waals surface area contributed by atoms with Crippen molar-refractivity contribution in [3.05, 3.63) is 65.7 Å². The number of halogens is 2. The number of amides is 1. The first-order valence-corrected chi connectivity index (χ1v) is 12.3. The number of carbonyl (C=O) groups is 1. The molecule has 174 valence electrons. The Hall–Kier alpha value is -2.54. The quantitative estimate of drug-likeness (QED) is 0.558. The van der Waals surface area contributed by atoms with Crippen LogP contribution in [0.25, 0.3) is 0 Å². The summed E-state index contributed by atoms with van der Waals surface area (Å²) in [4.78, 5) is 22.5. The molecule has 7 heteroatoms. The third-order valence-corrected chi connectivity index (χ3v) is 7.37. The molecular formula is C26H29F2N3OS. The van der Waals surface area contributed by atoms with Gasteiger partial charge in [0, 0.05) is 11.3 Å². The molecule has 1 amide bonds. The van der Waals surface area contributed by atoms with Crippen LogP contribution in [0.3, 0.4) is 0 Å². The summed E-state index contributed by atoms with van der Waals surface area (Å²) in [5, 5.41) is 3.44. The van der Waals surface area contributed by atoms with Gasteiger partial charge >= 0.3 is 0 Å². The fraction of sp³-hybridized carbons (Fsp3) is 0.423. The maximum atomic E-state index is 14.0. The second-order valence-corrected chi connectivity index (χ2v) is 10.8. The summed E-state index contributed by atoms with van der Waals surface area (Å²) in [6.07, 6.45) is 3.77. The second kappa shape index (κ2) is 9.37. The van der Waals surface area contributed by atoms with Gasteiger partial charge in [-0.05, 0) is 73.4 Å². The molecule has 0 unspecified atom stereocenters. The highest BCUT2D eigenvalue weighted by Gasteiger charge is 2.42. The number of rotatable bonds is 4. The first-order chi connectivity index (χ1) is 15.6. The van der Waals surface area contributed by atoms with Crippen molar-refractivity contribution in [3.8, 4) is 0 Å². The molecule has 0 radical (unpaired) electrons. The van der Waals surface area contributed by atoms with E-state index in [4.69, 9.17) is 9.98 Å². The maximum absolute atomic E-state index is 14.0. The Morgan fingerprint density at radius 2 is 1.76 bits per heavy atom. The summed E-state index contributed by atoms with van der Waals surface area (Å²) in [5.41, 5.74) is 1.58. The van der Waals surface area contributed by atoms with Crippen molar-refractivity contribution in [3.63, 3.8) is 0 Å². The van der Waals surface area contributed by atoms with E-state index in [2.05, 4.69) is 26.1 Å². The van der Waals surface area contributed by atoms with Gasteiger partial charge < -0.3 is 5.32 Å². The molecule has 2 aromatic rings. The van der Waals surface area contributed by atoms with Crippen LogP contribution in [0.2, 0.25) is 0 Å². The number of nitrogens with zero attached hydrogens (tertiary/aromatic N) is 2. The van der Waals surface area contributed by atoms with E-state index >= 15 is 0 Å². The third-order valence-electron chi connectivity index (χ3n) is 6.41. The lowest BCUT2D eigenvalue weighted by atomic mass is 9.70. The van der Waals surface area contributed by atoms with Gasteiger partial charge in [-0.1, -0.05) is 44.7 Å². The van der Waals surface area contributed by atoms with E-state index in [-0.39, 0.29) is 28.7 Å². The lowest BCUT2D eigenvalue weighted by molar-refractivity contribution is -0.113. The van der Waals surface area contributed by atoms with E-state index in [0.717, 1.165) is 25.7 Å². The summed E-state index contributed by atoms with van der Waals surface area (Å²) in [6, 6.07) is 12.0. The Kier molecular flexibility index (Phi) is 6.71. The molecule has 1 heterocycles.